The number of unbranched alkanes of at least 4 members (excludes halogenated alkanes) is 1. The van der Waals surface area contributed by atoms with Crippen molar-refractivity contribution < 1.29 is 10.2 Å². The molecule has 1 atom stereocenters. The molecule has 0 aliphatic rings. The second kappa shape index (κ2) is 5.33. The van der Waals surface area contributed by atoms with Crippen LogP contribution in [0.5, 0.6) is 0 Å². The second-order valence-electron chi connectivity index (χ2n) is 3.81. The predicted octanol–water partition coefficient (Wildman–Crippen LogP) is 1.87. The molecular weight excluding hydrogens is 152 g/mol. The van der Waals surface area contributed by atoms with E-state index in [4.69, 9.17) is 5.11 Å². The van der Waals surface area contributed by atoms with Gasteiger partial charge in [-0.1, -0.05) is 5.57 Å². The molecule has 0 heterocycles. The van der Waals surface area contributed by atoms with Gasteiger partial charge in [-0.15, -0.1) is 6.58 Å². The molecule has 0 radical (unpaired) electrons. The molecule has 0 saturated heterocycles. The third-order valence-corrected chi connectivity index (χ3v) is 1.81. The van der Waals surface area contributed by atoms with Crippen molar-refractivity contribution in [1.29, 1.82) is 0 Å². The van der Waals surface area contributed by atoms with Gasteiger partial charge in [-0.05, 0) is 39.5 Å². The first kappa shape index (κ1) is 11.7. The summed E-state index contributed by atoms with van der Waals surface area (Å²) in [5.41, 5.74) is 0.366. The Morgan fingerprint density at radius 2 is 2.00 bits per heavy atom. The smallest absolute Gasteiger partial charge is 0.0656 e. The maximum atomic E-state index is 9.77. The van der Waals surface area contributed by atoms with E-state index in [-0.39, 0.29) is 6.61 Å². The van der Waals surface area contributed by atoms with Crippen LogP contribution in [0.15, 0.2) is 12.2 Å². The lowest BCUT2D eigenvalue weighted by Crippen LogP contribution is -2.24. The standard InChI is InChI=1S/C10H20O2/c1-9(2)8-10(3,12)6-4-5-7-11/h11-12H,1,4-8H2,2-3H3. The van der Waals surface area contributed by atoms with Crippen molar-refractivity contribution in [2.24, 2.45) is 0 Å². The van der Waals surface area contributed by atoms with Gasteiger partial charge in [0.05, 0.1) is 5.60 Å². The van der Waals surface area contributed by atoms with Crippen LogP contribution in [0.3, 0.4) is 0 Å². The van der Waals surface area contributed by atoms with E-state index in [2.05, 4.69) is 6.58 Å². The Bertz CT molecular complexity index is 139. The lowest BCUT2D eigenvalue weighted by atomic mass is 9.92. The quantitative estimate of drug-likeness (QED) is 0.474. The van der Waals surface area contributed by atoms with E-state index >= 15 is 0 Å². The Morgan fingerprint density at radius 3 is 2.42 bits per heavy atom. The maximum Gasteiger partial charge on any atom is 0.0656 e. The van der Waals surface area contributed by atoms with Crippen molar-refractivity contribution >= 4 is 0 Å². The Morgan fingerprint density at radius 1 is 1.42 bits per heavy atom. The van der Waals surface area contributed by atoms with Crippen molar-refractivity contribution in [3.8, 4) is 0 Å². The largest absolute Gasteiger partial charge is 0.396 e. The zero-order chi connectivity index (χ0) is 9.61. The second-order valence-corrected chi connectivity index (χ2v) is 3.81. The average Bonchev–Trinajstić information content (AvgIpc) is 1.84. The number of hydrogen-bond donors (Lipinski definition) is 2. The highest BCUT2D eigenvalue weighted by Crippen LogP contribution is 2.20. The summed E-state index contributed by atoms with van der Waals surface area (Å²) in [6.07, 6.45) is 3.03. The van der Waals surface area contributed by atoms with Crippen LogP contribution in [0.1, 0.15) is 39.5 Å². The van der Waals surface area contributed by atoms with Gasteiger partial charge in [0, 0.05) is 6.61 Å². The summed E-state index contributed by atoms with van der Waals surface area (Å²) >= 11 is 0. The van der Waals surface area contributed by atoms with Gasteiger partial charge in [-0.3, -0.25) is 0 Å². The van der Waals surface area contributed by atoms with Crippen LogP contribution < -0.4 is 0 Å². The van der Waals surface area contributed by atoms with Crippen molar-refractivity contribution in [2.45, 2.75) is 45.1 Å². The zero-order valence-electron chi connectivity index (χ0n) is 8.14. The lowest BCUT2D eigenvalue weighted by molar-refractivity contribution is 0.0475. The van der Waals surface area contributed by atoms with Crippen LogP contribution in [0.4, 0.5) is 0 Å². The van der Waals surface area contributed by atoms with Gasteiger partial charge in [0.25, 0.3) is 0 Å². The van der Waals surface area contributed by atoms with Crippen LogP contribution in [-0.2, 0) is 0 Å². The molecule has 0 bridgehead atoms. The molecule has 2 heteroatoms. The molecule has 0 aromatic heterocycles. The van der Waals surface area contributed by atoms with Crippen molar-refractivity contribution in [2.75, 3.05) is 6.61 Å². The molecule has 0 saturated carbocycles. The average molecular weight is 172 g/mol. The summed E-state index contributed by atoms with van der Waals surface area (Å²) in [6, 6.07) is 0. The summed E-state index contributed by atoms with van der Waals surface area (Å²) < 4.78 is 0. The molecule has 0 aromatic rings. The molecule has 72 valence electrons. The summed E-state index contributed by atoms with van der Waals surface area (Å²) in [5, 5.41) is 18.3. The van der Waals surface area contributed by atoms with Gasteiger partial charge < -0.3 is 10.2 Å². The molecule has 0 amide bonds. The highest BCUT2D eigenvalue weighted by molar-refractivity contribution is 4.95. The topological polar surface area (TPSA) is 40.5 Å². The SMILES string of the molecule is C=C(C)CC(C)(O)CCCCO. The number of rotatable bonds is 6. The molecule has 2 N–H and O–H groups in total. The predicted molar refractivity (Wildman–Crippen MR) is 51.0 cm³/mol. The Hall–Kier alpha value is -0.340. The minimum Gasteiger partial charge on any atom is -0.396 e. The summed E-state index contributed by atoms with van der Waals surface area (Å²) in [7, 11) is 0. The monoisotopic (exact) mass is 172 g/mol. The van der Waals surface area contributed by atoms with Crippen molar-refractivity contribution in [1.82, 2.24) is 0 Å². The number of aliphatic hydroxyl groups excluding tert-OH is 1. The van der Waals surface area contributed by atoms with E-state index in [1.807, 2.05) is 13.8 Å². The van der Waals surface area contributed by atoms with Gasteiger partial charge in [-0.25, -0.2) is 0 Å². The summed E-state index contributed by atoms with van der Waals surface area (Å²) in [5.74, 6) is 0. The molecule has 0 fully saturated rings. The van der Waals surface area contributed by atoms with Crippen molar-refractivity contribution in [3.63, 3.8) is 0 Å². The first-order valence-corrected chi connectivity index (χ1v) is 4.45. The van der Waals surface area contributed by atoms with E-state index < -0.39 is 5.60 Å². The van der Waals surface area contributed by atoms with Gasteiger partial charge in [0.15, 0.2) is 0 Å². The molecule has 12 heavy (non-hydrogen) atoms. The minimum absolute atomic E-state index is 0.211. The number of hydrogen-bond acceptors (Lipinski definition) is 2. The Kier molecular flexibility index (Phi) is 5.18. The van der Waals surface area contributed by atoms with E-state index in [9.17, 15) is 5.11 Å². The Balaban J connectivity index is 3.63. The van der Waals surface area contributed by atoms with Gasteiger partial charge in [0.2, 0.25) is 0 Å². The van der Waals surface area contributed by atoms with E-state index in [0.717, 1.165) is 24.8 Å². The lowest BCUT2D eigenvalue weighted by Gasteiger charge is -2.23. The number of aliphatic hydroxyl groups is 2. The van der Waals surface area contributed by atoms with Gasteiger partial charge in [0.1, 0.15) is 0 Å². The van der Waals surface area contributed by atoms with Gasteiger partial charge in [-0.2, -0.15) is 0 Å². The zero-order valence-corrected chi connectivity index (χ0v) is 8.14. The van der Waals surface area contributed by atoms with E-state index in [1.54, 1.807) is 0 Å². The van der Waals surface area contributed by atoms with Crippen LogP contribution in [0.2, 0.25) is 0 Å². The van der Waals surface area contributed by atoms with Crippen molar-refractivity contribution in [3.05, 3.63) is 12.2 Å². The highest BCUT2D eigenvalue weighted by Gasteiger charge is 2.19. The molecule has 0 aromatic carbocycles. The van der Waals surface area contributed by atoms with Crippen LogP contribution in [0.25, 0.3) is 0 Å². The molecular formula is C10H20O2. The third kappa shape index (κ3) is 6.38. The fourth-order valence-electron chi connectivity index (χ4n) is 1.36. The first-order chi connectivity index (χ1) is 5.48. The van der Waals surface area contributed by atoms with Crippen LogP contribution >= 0.6 is 0 Å². The summed E-state index contributed by atoms with van der Waals surface area (Å²) in [6.45, 7) is 7.71. The third-order valence-electron chi connectivity index (χ3n) is 1.81. The molecule has 2 nitrogen and oxygen atoms in total. The fraction of sp³-hybridized carbons (Fsp3) is 0.800. The molecule has 0 spiro atoms. The fourth-order valence-corrected chi connectivity index (χ4v) is 1.36. The normalized spacial score (nSPS) is 15.7. The highest BCUT2D eigenvalue weighted by atomic mass is 16.3. The molecule has 0 aliphatic heterocycles. The van der Waals surface area contributed by atoms with Gasteiger partial charge >= 0.3 is 0 Å². The Labute approximate surface area is 74.9 Å². The van der Waals surface area contributed by atoms with Crippen LogP contribution in [0, 0.1) is 0 Å². The van der Waals surface area contributed by atoms with E-state index in [0.29, 0.717) is 6.42 Å². The summed E-state index contributed by atoms with van der Waals surface area (Å²) in [4.78, 5) is 0. The van der Waals surface area contributed by atoms with E-state index in [1.165, 1.54) is 0 Å². The minimum atomic E-state index is -0.638. The molecule has 0 aliphatic carbocycles. The molecule has 0 rings (SSSR count). The molecule has 1 unspecified atom stereocenters. The first-order valence-electron chi connectivity index (χ1n) is 4.45. The maximum absolute atomic E-state index is 9.77. The van der Waals surface area contributed by atoms with Crippen LogP contribution in [-0.4, -0.2) is 22.4 Å².